The summed E-state index contributed by atoms with van der Waals surface area (Å²) >= 11 is 18.2. The first-order valence-electron chi connectivity index (χ1n) is 5.71. The number of halogens is 3. The first-order valence-corrected chi connectivity index (χ1v) is 6.84. The van der Waals surface area contributed by atoms with Gasteiger partial charge in [0.2, 0.25) is 0 Å². The second kappa shape index (κ2) is 5.91. The Hall–Kier alpha value is -1.09. The fraction of sp³-hybridized carbons (Fsp3) is 0.143. The van der Waals surface area contributed by atoms with Crippen LogP contribution >= 0.6 is 34.8 Å². The minimum Gasteiger partial charge on any atom is -0.399 e. The van der Waals surface area contributed by atoms with Crippen molar-refractivity contribution in [2.24, 2.45) is 0 Å². The van der Waals surface area contributed by atoms with Crippen molar-refractivity contribution in [3.8, 4) is 0 Å². The predicted octanol–water partition coefficient (Wildman–Crippen LogP) is 5.15. The molecular formula is C14H13Cl3N2. The van der Waals surface area contributed by atoms with Crippen LogP contribution in [0.1, 0.15) is 11.1 Å². The zero-order valence-electron chi connectivity index (χ0n) is 10.3. The van der Waals surface area contributed by atoms with Crippen molar-refractivity contribution in [2.45, 2.75) is 13.5 Å². The van der Waals surface area contributed by atoms with E-state index in [2.05, 4.69) is 5.32 Å². The van der Waals surface area contributed by atoms with Gasteiger partial charge in [0, 0.05) is 22.3 Å². The lowest BCUT2D eigenvalue weighted by Crippen LogP contribution is -2.02. The van der Waals surface area contributed by atoms with Gasteiger partial charge in [0.05, 0.1) is 10.7 Å². The highest BCUT2D eigenvalue weighted by molar-refractivity contribution is 6.35. The van der Waals surface area contributed by atoms with Gasteiger partial charge in [0.15, 0.2) is 0 Å². The fourth-order valence-corrected chi connectivity index (χ4v) is 2.54. The standard InChI is InChI=1S/C14H13Cl3N2/c1-8-9(4-10(15)5-12(8)16)7-19-14-3-2-11(18)6-13(14)17/h2-6,19H,7,18H2,1H3. The molecule has 0 saturated carbocycles. The van der Waals surface area contributed by atoms with Crippen LogP contribution in [0.2, 0.25) is 15.1 Å². The van der Waals surface area contributed by atoms with Crippen molar-refractivity contribution in [3.05, 3.63) is 56.5 Å². The second-order valence-electron chi connectivity index (χ2n) is 4.26. The highest BCUT2D eigenvalue weighted by atomic mass is 35.5. The van der Waals surface area contributed by atoms with Gasteiger partial charge in [-0.15, -0.1) is 0 Å². The van der Waals surface area contributed by atoms with Gasteiger partial charge >= 0.3 is 0 Å². The topological polar surface area (TPSA) is 38.0 Å². The summed E-state index contributed by atoms with van der Waals surface area (Å²) in [6.45, 7) is 2.55. The van der Waals surface area contributed by atoms with E-state index < -0.39 is 0 Å². The van der Waals surface area contributed by atoms with E-state index in [0.717, 1.165) is 16.8 Å². The Balaban J connectivity index is 2.19. The van der Waals surface area contributed by atoms with E-state index in [0.29, 0.717) is 27.3 Å². The fourth-order valence-electron chi connectivity index (χ4n) is 1.75. The van der Waals surface area contributed by atoms with Gasteiger partial charge in [-0.05, 0) is 48.4 Å². The molecule has 0 amide bonds. The maximum absolute atomic E-state index is 6.10. The summed E-state index contributed by atoms with van der Waals surface area (Å²) in [7, 11) is 0. The van der Waals surface area contributed by atoms with Crippen molar-refractivity contribution in [3.63, 3.8) is 0 Å². The first-order chi connectivity index (χ1) is 8.97. The van der Waals surface area contributed by atoms with Crippen molar-refractivity contribution in [2.75, 3.05) is 11.1 Å². The molecule has 0 spiro atoms. The maximum Gasteiger partial charge on any atom is 0.0658 e. The number of nitrogens with one attached hydrogen (secondary N) is 1. The van der Waals surface area contributed by atoms with Crippen molar-refractivity contribution in [1.29, 1.82) is 0 Å². The SMILES string of the molecule is Cc1c(Cl)cc(Cl)cc1CNc1ccc(N)cc1Cl. The van der Waals surface area contributed by atoms with Gasteiger partial charge in [0.1, 0.15) is 0 Å². The van der Waals surface area contributed by atoms with Crippen LogP contribution in [0.5, 0.6) is 0 Å². The van der Waals surface area contributed by atoms with Crippen LogP contribution in [-0.2, 0) is 6.54 Å². The third-order valence-corrected chi connectivity index (χ3v) is 3.80. The number of hydrogen-bond acceptors (Lipinski definition) is 2. The second-order valence-corrected chi connectivity index (χ2v) is 5.52. The Bertz CT molecular complexity index is 612. The van der Waals surface area contributed by atoms with Crippen LogP contribution in [0.3, 0.4) is 0 Å². The highest BCUT2D eigenvalue weighted by Gasteiger charge is 2.06. The predicted molar refractivity (Wildman–Crippen MR) is 84.4 cm³/mol. The zero-order valence-corrected chi connectivity index (χ0v) is 12.6. The molecular weight excluding hydrogens is 303 g/mol. The van der Waals surface area contributed by atoms with E-state index >= 15 is 0 Å². The molecule has 0 aliphatic carbocycles. The first kappa shape index (κ1) is 14.3. The van der Waals surface area contributed by atoms with Gasteiger partial charge in [-0.1, -0.05) is 34.8 Å². The number of nitrogen functional groups attached to an aromatic ring is 1. The molecule has 0 aliphatic heterocycles. The summed E-state index contributed by atoms with van der Waals surface area (Å²) in [4.78, 5) is 0. The number of anilines is 2. The van der Waals surface area contributed by atoms with Crippen molar-refractivity contribution in [1.82, 2.24) is 0 Å². The van der Waals surface area contributed by atoms with Gasteiger partial charge in [-0.3, -0.25) is 0 Å². The number of rotatable bonds is 3. The molecule has 2 rings (SSSR count). The lowest BCUT2D eigenvalue weighted by atomic mass is 10.1. The molecule has 0 heterocycles. The summed E-state index contributed by atoms with van der Waals surface area (Å²) in [6.07, 6.45) is 0. The summed E-state index contributed by atoms with van der Waals surface area (Å²) in [5.74, 6) is 0. The Morgan fingerprint density at radius 2 is 1.79 bits per heavy atom. The lowest BCUT2D eigenvalue weighted by Gasteiger charge is -2.12. The average molecular weight is 316 g/mol. The normalized spacial score (nSPS) is 10.5. The van der Waals surface area contributed by atoms with E-state index in [1.165, 1.54) is 0 Å². The van der Waals surface area contributed by atoms with E-state index in [-0.39, 0.29) is 0 Å². The quantitative estimate of drug-likeness (QED) is 0.769. The highest BCUT2D eigenvalue weighted by Crippen LogP contribution is 2.27. The summed E-state index contributed by atoms with van der Waals surface area (Å²) in [6, 6.07) is 8.98. The van der Waals surface area contributed by atoms with Gasteiger partial charge in [-0.25, -0.2) is 0 Å². The van der Waals surface area contributed by atoms with Crippen LogP contribution in [-0.4, -0.2) is 0 Å². The van der Waals surface area contributed by atoms with E-state index in [1.807, 2.05) is 19.1 Å². The van der Waals surface area contributed by atoms with Crippen LogP contribution in [0.25, 0.3) is 0 Å². The molecule has 3 N–H and O–H groups in total. The molecule has 2 aromatic rings. The maximum atomic E-state index is 6.10. The largest absolute Gasteiger partial charge is 0.399 e. The van der Waals surface area contributed by atoms with Crippen LogP contribution in [0.4, 0.5) is 11.4 Å². The van der Waals surface area contributed by atoms with E-state index in [4.69, 9.17) is 40.5 Å². The molecule has 0 fully saturated rings. The molecule has 19 heavy (non-hydrogen) atoms. The minimum absolute atomic E-state index is 0.589. The van der Waals surface area contributed by atoms with Crippen LogP contribution < -0.4 is 11.1 Å². The Labute approximate surface area is 127 Å². The van der Waals surface area contributed by atoms with Gasteiger partial charge < -0.3 is 11.1 Å². The number of benzene rings is 2. The smallest absolute Gasteiger partial charge is 0.0658 e. The Morgan fingerprint density at radius 3 is 2.47 bits per heavy atom. The summed E-state index contributed by atoms with van der Waals surface area (Å²) in [5.41, 5.74) is 9.15. The monoisotopic (exact) mass is 314 g/mol. The molecule has 5 heteroatoms. The molecule has 100 valence electrons. The lowest BCUT2D eigenvalue weighted by molar-refractivity contribution is 1.12. The zero-order chi connectivity index (χ0) is 14.0. The molecule has 2 nitrogen and oxygen atoms in total. The molecule has 0 saturated heterocycles. The molecule has 0 aliphatic rings. The van der Waals surface area contributed by atoms with E-state index in [1.54, 1.807) is 18.2 Å². The molecule has 0 atom stereocenters. The third kappa shape index (κ3) is 3.47. The molecule has 2 aromatic carbocycles. The summed E-state index contributed by atoms with van der Waals surface area (Å²) in [5, 5.41) is 5.12. The third-order valence-electron chi connectivity index (χ3n) is 2.88. The molecule has 0 aromatic heterocycles. The van der Waals surface area contributed by atoms with Crippen molar-refractivity contribution < 1.29 is 0 Å². The molecule has 0 bridgehead atoms. The Morgan fingerprint density at radius 1 is 1.05 bits per heavy atom. The molecule has 0 radical (unpaired) electrons. The van der Waals surface area contributed by atoms with Gasteiger partial charge in [0.25, 0.3) is 0 Å². The minimum atomic E-state index is 0.589. The molecule has 0 unspecified atom stereocenters. The van der Waals surface area contributed by atoms with E-state index in [9.17, 15) is 0 Å². The van der Waals surface area contributed by atoms with Crippen LogP contribution in [0.15, 0.2) is 30.3 Å². The van der Waals surface area contributed by atoms with Gasteiger partial charge in [-0.2, -0.15) is 0 Å². The van der Waals surface area contributed by atoms with Crippen LogP contribution in [0, 0.1) is 6.92 Å². The Kier molecular flexibility index (Phi) is 4.46. The average Bonchev–Trinajstić information content (AvgIpc) is 2.33. The number of nitrogens with two attached hydrogens (primary N) is 1. The van der Waals surface area contributed by atoms with Crippen molar-refractivity contribution >= 4 is 46.2 Å². The summed E-state index contributed by atoms with van der Waals surface area (Å²) < 4.78 is 0. The number of hydrogen-bond donors (Lipinski definition) is 2.